The topological polar surface area (TPSA) is 22.1 Å². The predicted molar refractivity (Wildman–Crippen MR) is 69.4 cm³/mol. The lowest BCUT2D eigenvalue weighted by Crippen LogP contribution is -2.29. The summed E-state index contributed by atoms with van der Waals surface area (Å²) in [7, 11) is 1.92. The van der Waals surface area contributed by atoms with E-state index in [0.29, 0.717) is 25.2 Å². The van der Waals surface area contributed by atoms with Gasteiger partial charge in [-0.25, -0.2) is 0 Å². The summed E-state index contributed by atoms with van der Waals surface area (Å²) in [6.07, 6.45) is 0.960. The zero-order valence-electron chi connectivity index (χ0n) is 10.9. The lowest BCUT2D eigenvalue weighted by atomic mass is 9.82. The fraction of sp³-hybridized carbons (Fsp3) is 0.615. The molecule has 19 heavy (non-hydrogen) atoms. The van der Waals surface area contributed by atoms with E-state index in [2.05, 4.69) is 4.98 Å². The van der Waals surface area contributed by atoms with Crippen LogP contribution in [0.2, 0.25) is 0 Å². The highest BCUT2D eigenvalue weighted by molar-refractivity contribution is 6.32. The molecule has 0 saturated heterocycles. The number of ether oxygens (including phenoxy) is 1. The second-order valence-corrected chi connectivity index (χ2v) is 5.27. The number of nitrogens with zero attached hydrogens (tertiary/aromatic N) is 1. The third kappa shape index (κ3) is 4.15. The first-order chi connectivity index (χ1) is 8.95. The van der Waals surface area contributed by atoms with E-state index in [4.69, 9.17) is 4.74 Å². The van der Waals surface area contributed by atoms with Crippen molar-refractivity contribution in [2.24, 2.45) is 11.8 Å². The lowest BCUT2D eigenvalue weighted by molar-refractivity contribution is -0.184. The van der Waals surface area contributed by atoms with Crippen LogP contribution in [0, 0.1) is 11.8 Å². The Hall–Kier alpha value is -1.20. The van der Waals surface area contributed by atoms with Crippen molar-refractivity contribution >= 4 is 13.3 Å². The van der Waals surface area contributed by atoms with E-state index in [9.17, 15) is 13.2 Å². The van der Waals surface area contributed by atoms with Gasteiger partial charge >= 0.3 is 6.18 Å². The maximum absolute atomic E-state index is 12.5. The van der Waals surface area contributed by atoms with E-state index in [1.807, 2.05) is 13.9 Å². The van der Waals surface area contributed by atoms with Crippen molar-refractivity contribution in [3.63, 3.8) is 0 Å². The van der Waals surface area contributed by atoms with Gasteiger partial charge in [-0.15, -0.1) is 0 Å². The van der Waals surface area contributed by atoms with Crippen LogP contribution in [0.3, 0.4) is 0 Å². The standard InChI is InChI=1S/C13H17BF3NO/c14-11-5-12(7-18-6-11)19-8-9-1-3-10(4-2-9)13(15,16)17/h5-7,9-10H,1-4,8,14H2/t9-,10-. The van der Waals surface area contributed by atoms with Crippen LogP contribution in [0.1, 0.15) is 25.7 Å². The largest absolute Gasteiger partial charge is 0.492 e. The van der Waals surface area contributed by atoms with Gasteiger partial charge in [-0.05, 0) is 37.7 Å². The van der Waals surface area contributed by atoms with Crippen molar-refractivity contribution in [1.82, 2.24) is 4.98 Å². The molecule has 104 valence electrons. The summed E-state index contributed by atoms with van der Waals surface area (Å²) in [6.45, 7) is 0.482. The molecule has 0 radical (unpaired) electrons. The van der Waals surface area contributed by atoms with Gasteiger partial charge < -0.3 is 4.74 Å². The fourth-order valence-corrected chi connectivity index (χ4v) is 2.48. The molecule has 1 fully saturated rings. The second kappa shape index (κ2) is 5.84. The summed E-state index contributed by atoms with van der Waals surface area (Å²) in [5.74, 6) is -0.207. The van der Waals surface area contributed by atoms with Gasteiger partial charge in [0.2, 0.25) is 0 Å². The highest BCUT2D eigenvalue weighted by Crippen LogP contribution is 2.39. The van der Waals surface area contributed by atoms with Gasteiger partial charge in [0.05, 0.1) is 18.7 Å². The zero-order chi connectivity index (χ0) is 13.9. The first-order valence-corrected chi connectivity index (χ1v) is 6.56. The molecule has 1 saturated carbocycles. The molecule has 0 N–H and O–H groups in total. The molecule has 0 atom stereocenters. The Balaban J connectivity index is 1.77. The molecule has 1 aliphatic rings. The van der Waals surface area contributed by atoms with Crippen molar-refractivity contribution < 1.29 is 17.9 Å². The molecular formula is C13H17BF3NO. The second-order valence-electron chi connectivity index (χ2n) is 5.27. The van der Waals surface area contributed by atoms with Gasteiger partial charge in [0.25, 0.3) is 0 Å². The van der Waals surface area contributed by atoms with Crippen molar-refractivity contribution in [2.45, 2.75) is 31.9 Å². The van der Waals surface area contributed by atoms with Crippen molar-refractivity contribution in [1.29, 1.82) is 0 Å². The van der Waals surface area contributed by atoms with Gasteiger partial charge in [-0.2, -0.15) is 13.2 Å². The maximum atomic E-state index is 12.5. The van der Waals surface area contributed by atoms with Gasteiger partial charge in [-0.1, -0.05) is 5.46 Å². The Morgan fingerprint density at radius 1 is 1.21 bits per heavy atom. The molecule has 0 aliphatic heterocycles. The summed E-state index contributed by atoms with van der Waals surface area (Å²) < 4.78 is 43.2. The number of hydrogen-bond acceptors (Lipinski definition) is 2. The fourth-order valence-electron chi connectivity index (χ4n) is 2.48. The van der Waals surface area contributed by atoms with Crippen LogP contribution < -0.4 is 10.2 Å². The minimum absolute atomic E-state index is 0.221. The van der Waals surface area contributed by atoms with Gasteiger partial charge in [-0.3, -0.25) is 4.98 Å². The van der Waals surface area contributed by atoms with Crippen LogP contribution in [0.5, 0.6) is 5.75 Å². The molecule has 0 aromatic carbocycles. The number of pyridine rings is 1. The first-order valence-electron chi connectivity index (χ1n) is 6.56. The number of rotatable bonds is 3. The molecule has 0 bridgehead atoms. The molecule has 0 amide bonds. The Bertz CT molecular complexity index is 417. The molecule has 1 heterocycles. The molecule has 6 heteroatoms. The van der Waals surface area contributed by atoms with Gasteiger partial charge in [0.15, 0.2) is 0 Å². The van der Waals surface area contributed by atoms with Crippen LogP contribution in [-0.2, 0) is 0 Å². The normalized spacial score (nSPS) is 24.2. The van der Waals surface area contributed by atoms with Crippen LogP contribution in [-0.4, -0.2) is 25.6 Å². The predicted octanol–water partition coefficient (Wildman–Crippen LogP) is 2.09. The zero-order valence-corrected chi connectivity index (χ0v) is 10.9. The number of aromatic nitrogens is 1. The van der Waals surface area contributed by atoms with E-state index in [1.165, 1.54) is 0 Å². The molecule has 1 aromatic rings. The van der Waals surface area contributed by atoms with Crippen LogP contribution in [0.25, 0.3) is 0 Å². The minimum atomic E-state index is -4.04. The number of hydrogen-bond donors (Lipinski definition) is 0. The van der Waals surface area contributed by atoms with Crippen molar-refractivity contribution in [2.75, 3.05) is 6.61 Å². The molecular weight excluding hydrogens is 254 g/mol. The lowest BCUT2D eigenvalue weighted by Gasteiger charge is -2.29. The minimum Gasteiger partial charge on any atom is -0.492 e. The summed E-state index contributed by atoms with van der Waals surface area (Å²) in [5, 5.41) is 0. The highest BCUT2D eigenvalue weighted by Gasteiger charge is 2.41. The molecule has 2 rings (SSSR count). The summed E-state index contributed by atoms with van der Waals surface area (Å²) in [6, 6.07) is 1.88. The number of alkyl halides is 3. The van der Waals surface area contributed by atoms with Crippen molar-refractivity contribution in [3.05, 3.63) is 18.5 Å². The van der Waals surface area contributed by atoms with Gasteiger partial charge in [0.1, 0.15) is 13.6 Å². The molecule has 2 nitrogen and oxygen atoms in total. The quantitative estimate of drug-likeness (QED) is 0.785. The average molecular weight is 271 g/mol. The third-order valence-electron chi connectivity index (χ3n) is 3.65. The summed E-state index contributed by atoms with van der Waals surface area (Å²) in [5.41, 5.74) is 1.01. The Kier molecular flexibility index (Phi) is 4.37. The van der Waals surface area contributed by atoms with E-state index >= 15 is 0 Å². The smallest absolute Gasteiger partial charge is 0.391 e. The maximum Gasteiger partial charge on any atom is 0.391 e. The van der Waals surface area contributed by atoms with E-state index < -0.39 is 12.1 Å². The molecule has 0 unspecified atom stereocenters. The van der Waals surface area contributed by atoms with E-state index in [-0.39, 0.29) is 18.8 Å². The SMILES string of the molecule is Bc1cncc(OC[C@H]2CC[C@H](C(F)(F)F)CC2)c1. The number of halogens is 3. The van der Waals surface area contributed by atoms with Crippen LogP contribution in [0.4, 0.5) is 13.2 Å². The van der Waals surface area contributed by atoms with Crippen LogP contribution in [0.15, 0.2) is 18.5 Å². The Morgan fingerprint density at radius 3 is 2.47 bits per heavy atom. The van der Waals surface area contributed by atoms with Crippen LogP contribution >= 0.6 is 0 Å². The molecule has 1 aromatic heterocycles. The average Bonchev–Trinajstić information content (AvgIpc) is 2.36. The van der Waals surface area contributed by atoms with Gasteiger partial charge in [0, 0.05) is 6.20 Å². The molecule has 1 aliphatic carbocycles. The third-order valence-corrected chi connectivity index (χ3v) is 3.65. The Morgan fingerprint density at radius 2 is 1.89 bits per heavy atom. The van der Waals surface area contributed by atoms with Crippen molar-refractivity contribution in [3.8, 4) is 5.75 Å². The molecule has 0 spiro atoms. The van der Waals surface area contributed by atoms with E-state index in [0.717, 1.165) is 5.46 Å². The Labute approximate surface area is 111 Å². The first kappa shape index (κ1) is 14.2. The summed E-state index contributed by atoms with van der Waals surface area (Å²) in [4.78, 5) is 4.02. The monoisotopic (exact) mass is 271 g/mol. The summed E-state index contributed by atoms with van der Waals surface area (Å²) >= 11 is 0. The van der Waals surface area contributed by atoms with E-state index in [1.54, 1.807) is 12.4 Å². The highest BCUT2D eigenvalue weighted by atomic mass is 19.4.